The summed E-state index contributed by atoms with van der Waals surface area (Å²) in [6.45, 7) is 20.8. The minimum absolute atomic E-state index is 0.326. The van der Waals surface area contributed by atoms with E-state index in [0.717, 1.165) is 46.3 Å². The van der Waals surface area contributed by atoms with E-state index in [9.17, 15) is 9.59 Å². The fourth-order valence-corrected chi connectivity index (χ4v) is 5.33. The fourth-order valence-electron chi connectivity index (χ4n) is 5.33. The molecule has 0 aromatic rings. The van der Waals surface area contributed by atoms with E-state index in [1.807, 2.05) is 27.7 Å². The molecule has 0 bridgehead atoms. The molecule has 0 atom stereocenters. The molecule has 0 spiro atoms. The highest BCUT2D eigenvalue weighted by molar-refractivity contribution is 5.90. The summed E-state index contributed by atoms with van der Waals surface area (Å²) in [5.41, 5.74) is 8.76. The number of carbonyl (C=O) groups is 2. The summed E-state index contributed by atoms with van der Waals surface area (Å²) < 4.78 is 0. The van der Waals surface area contributed by atoms with E-state index in [1.165, 1.54) is 11.1 Å². The topological polar surface area (TPSA) is 34.1 Å². The van der Waals surface area contributed by atoms with Gasteiger partial charge in [-0.1, -0.05) is 119 Å². The average Bonchev–Trinajstić information content (AvgIpc) is 2.91. The highest BCUT2D eigenvalue weighted by atomic mass is 16.1. The number of ketones is 2. The van der Waals surface area contributed by atoms with Crippen LogP contribution in [0.1, 0.15) is 94.9 Å². The van der Waals surface area contributed by atoms with Crippen LogP contribution < -0.4 is 0 Å². The molecule has 0 saturated heterocycles. The van der Waals surface area contributed by atoms with Gasteiger partial charge < -0.3 is 0 Å². The molecule has 0 amide bonds. The Hall–Kier alpha value is -3.52. The lowest BCUT2D eigenvalue weighted by Crippen LogP contribution is -2.30. The smallest absolute Gasteiger partial charge is 0.143 e. The van der Waals surface area contributed by atoms with E-state index in [0.29, 0.717) is 24.4 Å². The average molecular weight is 565 g/mol. The molecule has 0 aromatic heterocycles. The molecule has 2 heteroatoms. The molecular formula is C40H52O2. The Morgan fingerprint density at radius 3 is 1.17 bits per heavy atom. The molecule has 0 saturated carbocycles. The number of carbonyl (C=O) groups excluding carboxylic acids is 2. The van der Waals surface area contributed by atoms with E-state index in [4.69, 9.17) is 0 Å². The first-order valence-electron chi connectivity index (χ1n) is 15.2. The second-order valence-corrected chi connectivity index (χ2v) is 12.9. The van der Waals surface area contributed by atoms with Gasteiger partial charge in [0, 0.05) is 23.7 Å². The summed E-state index contributed by atoms with van der Waals surface area (Å²) in [4.78, 5) is 24.7. The maximum atomic E-state index is 12.4. The van der Waals surface area contributed by atoms with Crippen molar-refractivity contribution in [2.24, 2.45) is 10.8 Å². The lowest BCUT2D eigenvalue weighted by atomic mass is 9.71. The van der Waals surface area contributed by atoms with Crippen LogP contribution in [-0.4, -0.2) is 11.6 Å². The van der Waals surface area contributed by atoms with Crippen LogP contribution in [-0.2, 0) is 9.59 Å². The van der Waals surface area contributed by atoms with E-state index >= 15 is 0 Å². The Bertz CT molecular complexity index is 1270. The number of hydrogen-bond donors (Lipinski definition) is 0. The maximum absolute atomic E-state index is 12.4. The molecule has 0 unspecified atom stereocenters. The molecule has 2 aliphatic rings. The molecule has 0 aliphatic heterocycles. The summed E-state index contributed by atoms with van der Waals surface area (Å²) >= 11 is 0. The normalized spacial score (nSPS) is 21.6. The van der Waals surface area contributed by atoms with Crippen LogP contribution in [0.25, 0.3) is 0 Å². The first kappa shape index (κ1) is 34.7. The van der Waals surface area contributed by atoms with Gasteiger partial charge in [-0.3, -0.25) is 9.59 Å². The molecule has 2 rings (SSSR count). The predicted octanol–water partition coefficient (Wildman–Crippen LogP) is 11.0. The minimum atomic E-state index is -0.400. The Morgan fingerprint density at radius 1 is 0.500 bits per heavy atom. The standard InChI is InChI=1S/C40H52O2/c1-29(17-13-19-31(3)21-25-35-33(5)23-27-37(41)39(35,7)8)15-11-12-16-30(2)18-14-20-32(4)22-26-36-34(6)24-28-38(42)40(36,9)10/h11-22,25-26H,23-24,27-28H2,1-10H3/b12-11+,17-13+,18-14+,25-21+,26-22+,29-15+,30-16+,31-19+,32-20+. The van der Waals surface area contributed by atoms with E-state index in [-0.39, 0.29) is 0 Å². The van der Waals surface area contributed by atoms with Crippen molar-refractivity contribution < 1.29 is 9.59 Å². The van der Waals surface area contributed by atoms with Crippen LogP contribution in [0.2, 0.25) is 0 Å². The van der Waals surface area contributed by atoms with Gasteiger partial charge >= 0.3 is 0 Å². The third-order valence-corrected chi connectivity index (χ3v) is 8.41. The summed E-state index contributed by atoms with van der Waals surface area (Å²) in [6, 6.07) is 0. The summed E-state index contributed by atoms with van der Waals surface area (Å²) in [5.74, 6) is 0.651. The third-order valence-electron chi connectivity index (χ3n) is 8.41. The third kappa shape index (κ3) is 10.1. The molecule has 0 N–H and O–H groups in total. The quantitative estimate of drug-likeness (QED) is 0.247. The first-order chi connectivity index (χ1) is 19.7. The van der Waals surface area contributed by atoms with Gasteiger partial charge in [-0.2, -0.15) is 0 Å². The van der Waals surface area contributed by atoms with Crippen molar-refractivity contribution in [1.82, 2.24) is 0 Å². The first-order valence-corrected chi connectivity index (χ1v) is 15.2. The highest BCUT2D eigenvalue weighted by Crippen LogP contribution is 2.39. The summed E-state index contributed by atoms with van der Waals surface area (Å²) in [5, 5.41) is 0. The van der Waals surface area contributed by atoms with E-state index in [1.54, 1.807) is 0 Å². The SMILES string of the molecule is CC1=C(/C=C/C(C)=C/C=C/C(C)=C/C=C/C=C(C)/C=C/C=C(C)/C=C/C2=C(C)CCC(=O)C2(C)C)C(C)(C)C(=O)CC1. The number of hydrogen-bond acceptors (Lipinski definition) is 2. The molecule has 2 aliphatic carbocycles. The van der Waals surface area contributed by atoms with Crippen molar-refractivity contribution in [2.75, 3.05) is 0 Å². The van der Waals surface area contributed by atoms with E-state index in [2.05, 4.69) is 127 Å². The molecule has 0 aromatic carbocycles. The lowest BCUT2D eigenvalue weighted by Gasteiger charge is -2.31. The van der Waals surface area contributed by atoms with Gasteiger partial charge in [-0.25, -0.2) is 0 Å². The molecule has 0 heterocycles. The van der Waals surface area contributed by atoms with Gasteiger partial charge in [0.05, 0.1) is 0 Å². The number of Topliss-reactive ketones (excluding diaryl/α,β-unsaturated/α-hetero) is 2. The molecule has 42 heavy (non-hydrogen) atoms. The molecule has 224 valence electrons. The van der Waals surface area contributed by atoms with Gasteiger partial charge in [-0.05, 0) is 93.2 Å². The molecular weight excluding hydrogens is 512 g/mol. The van der Waals surface area contributed by atoms with Crippen molar-refractivity contribution in [2.45, 2.75) is 94.9 Å². The van der Waals surface area contributed by atoms with Gasteiger partial charge in [0.1, 0.15) is 11.6 Å². The van der Waals surface area contributed by atoms with Gasteiger partial charge in [0.2, 0.25) is 0 Å². The fraction of sp³-hybridized carbons (Fsp3) is 0.400. The molecule has 2 nitrogen and oxygen atoms in total. The van der Waals surface area contributed by atoms with Crippen molar-refractivity contribution in [3.63, 3.8) is 0 Å². The Labute approximate surface area is 256 Å². The van der Waals surface area contributed by atoms with E-state index < -0.39 is 10.8 Å². The molecule has 0 fully saturated rings. The van der Waals surface area contributed by atoms with Crippen molar-refractivity contribution in [1.29, 1.82) is 0 Å². The predicted molar refractivity (Wildman–Crippen MR) is 182 cm³/mol. The van der Waals surface area contributed by atoms with Crippen LogP contribution in [0.4, 0.5) is 0 Å². The van der Waals surface area contributed by atoms with Gasteiger partial charge in [0.25, 0.3) is 0 Å². The highest BCUT2D eigenvalue weighted by Gasteiger charge is 2.35. The van der Waals surface area contributed by atoms with Crippen LogP contribution in [0.3, 0.4) is 0 Å². The summed E-state index contributed by atoms with van der Waals surface area (Å²) in [7, 11) is 0. The summed E-state index contributed by atoms with van der Waals surface area (Å²) in [6.07, 6.45) is 32.3. The minimum Gasteiger partial charge on any atom is -0.299 e. The zero-order valence-electron chi connectivity index (χ0n) is 27.7. The monoisotopic (exact) mass is 564 g/mol. The van der Waals surface area contributed by atoms with Crippen molar-refractivity contribution >= 4 is 11.6 Å². The van der Waals surface area contributed by atoms with Crippen molar-refractivity contribution in [3.8, 4) is 0 Å². The zero-order valence-corrected chi connectivity index (χ0v) is 27.7. The largest absolute Gasteiger partial charge is 0.299 e. The van der Waals surface area contributed by atoms with Gasteiger partial charge in [-0.15, -0.1) is 0 Å². The van der Waals surface area contributed by atoms with Crippen LogP contribution in [0.5, 0.6) is 0 Å². The van der Waals surface area contributed by atoms with Crippen LogP contribution >= 0.6 is 0 Å². The zero-order chi connectivity index (χ0) is 31.5. The second kappa shape index (κ2) is 15.6. The second-order valence-electron chi connectivity index (χ2n) is 12.9. The number of rotatable bonds is 10. The Kier molecular flexibility index (Phi) is 12.9. The Morgan fingerprint density at radius 2 is 0.810 bits per heavy atom. The molecule has 0 radical (unpaired) electrons. The van der Waals surface area contributed by atoms with Gasteiger partial charge in [0.15, 0.2) is 0 Å². The van der Waals surface area contributed by atoms with Crippen molar-refractivity contribution in [3.05, 3.63) is 130 Å². The van der Waals surface area contributed by atoms with Crippen LogP contribution in [0.15, 0.2) is 130 Å². The Balaban J connectivity index is 1.92. The lowest BCUT2D eigenvalue weighted by molar-refractivity contribution is -0.126. The van der Waals surface area contributed by atoms with Crippen LogP contribution in [0, 0.1) is 10.8 Å². The maximum Gasteiger partial charge on any atom is 0.143 e. The number of allylic oxidation sites excluding steroid dienone is 22.